The van der Waals surface area contributed by atoms with Gasteiger partial charge in [-0.15, -0.1) is 11.8 Å². The highest BCUT2D eigenvalue weighted by Crippen LogP contribution is 2.28. The number of rotatable bonds is 5. The molecule has 3 rings (SSSR count). The van der Waals surface area contributed by atoms with E-state index in [9.17, 15) is 0 Å². The van der Waals surface area contributed by atoms with Crippen molar-refractivity contribution in [1.29, 1.82) is 0 Å². The molecular weight excluding hydrogens is 284 g/mol. The van der Waals surface area contributed by atoms with E-state index >= 15 is 0 Å². The van der Waals surface area contributed by atoms with E-state index in [2.05, 4.69) is 34.1 Å². The number of hydrogen-bond acceptors (Lipinski definition) is 5. The van der Waals surface area contributed by atoms with Gasteiger partial charge in [0.25, 0.3) is 5.78 Å². The molecule has 108 valence electrons. The van der Waals surface area contributed by atoms with Crippen LogP contribution in [0.3, 0.4) is 0 Å². The molecule has 3 aromatic rings. The zero-order valence-corrected chi connectivity index (χ0v) is 12.8. The Labute approximate surface area is 127 Å². The van der Waals surface area contributed by atoms with Crippen LogP contribution in [0.15, 0.2) is 41.7 Å². The fourth-order valence-corrected chi connectivity index (χ4v) is 3.10. The second-order valence-corrected chi connectivity index (χ2v) is 5.51. The molecule has 0 unspecified atom stereocenters. The maximum absolute atomic E-state index is 5.39. The molecule has 0 spiro atoms. The molecule has 0 N–H and O–H groups in total. The van der Waals surface area contributed by atoms with E-state index in [0.717, 1.165) is 34.2 Å². The molecule has 0 aliphatic carbocycles. The minimum absolute atomic E-state index is 0.650. The third-order valence-corrected chi connectivity index (χ3v) is 4.24. The fourth-order valence-electron chi connectivity index (χ4n) is 2.09. The van der Waals surface area contributed by atoms with E-state index in [1.165, 1.54) is 6.33 Å². The summed E-state index contributed by atoms with van der Waals surface area (Å²) >= 11 is 1.71. The Balaban J connectivity index is 1.89. The Morgan fingerprint density at radius 1 is 1.29 bits per heavy atom. The molecular formula is C15H16N4OS. The highest BCUT2D eigenvalue weighted by Gasteiger charge is 2.09. The third kappa shape index (κ3) is 2.85. The average Bonchev–Trinajstić information content (AvgIpc) is 3.01. The summed E-state index contributed by atoms with van der Waals surface area (Å²) in [6.07, 6.45) is 2.42. The lowest BCUT2D eigenvalue weighted by molar-refractivity contribution is 0.411. The number of aromatic nitrogens is 4. The Hall–Kier alpha value is -2.08. The number of methoxy groups -OCH3 is 1. The summed E-state index contributed by atoms with van der Waals surface area (Å²) < 4.78 is 7.17. The van der Waals surface area contributed by atoms with Crippen molar-refractivity contribution in [3.63, 3.8) is 0 Å². The summed E-state index contributed by atoms with van der Waals surface area (Å²) in [5, 5.41) is 5.28. The van der Waals surface area contributed by atoms with Crippen molar-refractivity contribution in [3.05, 3.63) is 47.9 Å². The summed E-state index contributed by atoms with van der Waals surface area (Å²) in [5.74, 6) is 2.37. The molecule has 0 bridgehead atoms. The highest BCUT2D eigenvalue weighted by atomic mass is 32.2. The van der Waals surface area contributed by atoms with Gasteiger partial charge in [0.15, 0.2) is 0 Å². The Morgan fingerprint density at radius 3 is 2.95 bits per heavy atom. The first-order valence-corrected chi connectivity index (χ1v) is 7.74. The molecule has 2 aromatic heterocycles. The number of thioether (sulfide) groups is 1. The fraction of sp³-hybridized carbons (Fsp3) is 0.267. The molecule has 0 aliphatic heterocycles. The first kappa shape index (κ1) is 13.9. The van der Waals surface area contributed by atoms with Gasteiger partial charge in [-0.25, -0.2) is 4.98 Å². The first-order chi connectivity index (χ1) is 10.3. The molecule has 0 saturated carbocycles. The summed E-state index contributed by atoms with van der Waals surface area (Å²) in [7, 11) is 1.70. The van der Waals surface area contributed by atoms with Gasteiger partial charge in [0.05, 0.1) is 7.11 Å². The number of para-hydroxylation sites is 1. The summed E-state index contributed by atoms with van der Waals surface area (Å²) in [6, 6.07) is 10.1. The molecule has 2 heterocycles. The largest absolute Gasteiger partial charge is 0.496 e. The first-order valence-electron chi connectivity index (χ1n) is 6.76. The summed E-state index contributed by atoms with van der Waals surface area (Å²) in [4.78, 5) is 8.63. The lowest BCUT2D eigenvalue weighted by Gasteiger charge is -2.09. The van der Waals surface area contributed by atoms with Crippen LogP contribution in [-0.4, -0.2) is 26.7 Å². The number of benzene rings is 1. The van der Waals surface area contributed by atoms with Gasteiger partial charge >= 0.3 is 0 Å². The number of fused-ring (bicyclic) bond motifs is 1. The van der Waals surface area contributed by atoms with Crippen LogP contribution >= 0.6 is 11.8 Å². The van der Waals surface area contributed by atoms with Crippen molar-refractivity contribution in [2.45, 2.75) is 24.1 Å². The number of ether oxygens (including phenoxy) is 1. The molecule has 5 nitrogen and oxygen atoms in total. The van der Waals surface area contributed by atoms with Gasteiger partial charge in [-0.3, -0.25) is 0 Å². The smallest absolute Gasteiger partial charge is 0.253 e. The van der Waals surface area contributed by atoms with Crippen LogP contribution < -0.4 is 4.74 Å². The Bertz CT molecular complexity index is 756. The van der Waals surface area contributed by atoms with Crippen molar-refractivity contribution in [1.82, 2.24) is 19.6 Å². The van der Waals surface area contributed by atoms with Gasteiger partial charge in [0.2, 0.25) is 0 Å². The van der Waals surface area contributed by atoms with Crippen LogP contribution in [0.25, 0.3) is 5.78 Å². The predicted octanol–water partition coefficient (Wildman–Crippen LogP) is 2.99. The topological polar surface area (TPSA) is 52.3 Å². The van der Waals surface area contributed by atoms with E-state index in [4.69, 9.17) is 4.74 Å². The molecule has 0 atom stereocenters. The maximum atomic E-state index is 5.39. The number of hydrogen-bond donors (Lipinski definition) is 0. The van der Waals surface area contributed by atoms with Crippen molar-refractivity contribution < 1.29 is 4.74 Å². The zero-order valence-electron chi connectivity index (χ0n) is 12.0. The minimum Gasteiger partial charge on any atom is -0.496 e. The number of nitrogens with zero attached hydrogens (tertiary/aromatic N) is 4. The average molecular weight is 300 g/mol. The lowest BCUT2D eigenvalue weighted by Crippen LogP contribution is -1.99. The Morgan fingerprint density at radius 2 is 2.14 bits per heavy atom. The van der Waals surface area contributed by atoms with Crippen molar-refractivity contribution in [2.75, 3.05) is 7.11 Å². The highest BCUT2D eigenvalue weighted by molar-refractivity contribution is 7.98. The predicted molar refractivity (Wildman–Crippen MR) is 82.7 cm³/mol. The zero-order chi connectivity index (χ0) is 14.7. The van der Waals surface area contributed by atoms with E-state index in [-0.39, 0.29) is 0 Å². The van der Waals surface area contributed by atoms with Gasteiger partial charge < -0.3 is 4.74 Å². The Kier molecular flexibility index (Phi) is 4.06. The van der Waals surface area contributed by atoms with Crippen LogP contribution in [0.5, 0.6) is 5.75 Å². The van der Waals surface area contributed by atoms with Crippen molar-refractivity contribution in [3.8, 4) is 5.75 Å². The van der Waals surface area contributed by atoms with Crippen LogP contribution in [0, 0.1) is 0 Å². The summed E-state index contributed by atoms with van der Waals surface area (Å²) in [6.45, 7) is 2.09. The SMILES string of the molecule is CCc1cc(SCc2ccccc2OC)n2ncnc2n1. The van der Waals surface area contributed by atoms with Crippen LogP contribution in [-0.2, 0) is 12.2 Å². The van der Waals surface area contributed by atoms with E-state index < -0.39 is 0 Å². The molecule has 1 aromatic carbocycles. The maximum Gasteiger partial charge on any atom is 0.253 e. The molecule has 0 aliphatic rings. The van der Waals surface area contributed by atoms with Crippen LogP contribution in [0.2, 0.25) is 0 Å². The van der Waals surface area contributed by atoms with E-state index in [0.29, 0.717) is 5.78 Å². The molecule has 0 radical (unpaired) electrons. The van der Waals surface area contributed by atoms with Gasteiger partial charge in [-0.1, -0.05) is 25.1 Å². The molecule has 21 heavy (non-hydrogen) atoms. The molecule has 0 amide bonds. The normalized spacial score (nSPS) is 11.0. The van der Waals surface area contributed by atoms with Gasteiger partial charge in [0, 0.05) is 17.0 Å². The standard InChI is InChI=1S/C15H16N4OS/c1-3-12-8-14(19-15(18-12)16-10-17-19)21-9-11-6-4-5-7-13(11)20-2/h4-8,10H,3,9H2,1-2H3. The van der Waals surface area contributed by atoms with Gasteiger partial charge in [-0.2, -0.15) is 14.6 Å². The quantitative estimate of drug-likeness (QED) is 0.535. The monoisotopic (exact) mass is 300 g/mol. The summed E-state index contributed by atoms with van der Waals surface area (Å²) in [5.41, 5.74) is 2.19. The minimum atomic E-state index is 0.650. The van der Waals surface area contributed by atoms with Crippen LogP contribution in [0.1, 0.15) is 18.2 Å². The second kappa shape index (κ2) is 6.13. The van der Waals surface area contributed by atoms with E-state index in [1.54, 1.807) is 23.4 Å². The number of aryl methyl sites for hydroxylation is 1. The van der Waals surface area contributed by atoms with Crippen molar-refractivity contribution in [2.24, 2.45) is 0 Å². The van der Waals surface area contributed by atoms with Gasteiger partial charge in [0.1, 0.15) is 17.1 Å². The van der Waals surface area contributed by atoms with Gasteiger partial charge in [-0.05, 0) is 18.6 Å². The molecule has 6 heteroatoms. The van der Waals surface area contributed by atoms with E-state index in [1.807, 2.05) is 18.2 Å². The lowest BCUT2D eigenvalue weighted by atomic mass is 10.2. The molecule has 0 saturated heterocycles. The molecule has 0 fully saturated rings. The van der Waals surface area contributed by atoms with Crippen molar-refractivity contribution >= 4 is 17.5 Å². The second-order valence-electron chi connectivity index (χ2n) is 4.51. The van der Waals surface area contributed by atoms with Crippen LogP contribution in [0.4, 0.5) is 0 Å². The third-order valence-electron chi connectivity index (χ3n) is 3.20.